The Labute approximate surface area is 201 Å². The highest BCUT2D eigenvalue weighted by Gasteiger charge is 2.15. The van der Waals surface area contributed by atoms with Crippen molar-refractivity contribution in [1.29, 1.82) is 0 Å². The van der Waals surface area contributed by atoms with Crippen molar-refractivity contribution in [3.05, 3.63) is 79.2 Å². The van der Waals surface area contributed by atoms with Gasteiger partial charge < -0.3 is 13.9 Å². The predicted octanol–water partition coefficient (Wildman–Crippen LogP) is 4.95. The quantitative estimate of drug-likeness (QED) is 0.340. The molecule has 3 aromatic heterocycles. The summed E-state index contributed by atoms with van der Waals surface area (Å²) in [5.41, 5.74) is 1.22. The van der Waals surface area contributed by atoms with E-state index in [2.05, 4.69) is 10.1 Å². The van der Waals surface area contributed by atoms with Crippen LogP contribution in [0.2, 0.25) is 10.0 Å². The third-order valence-electron chi connectivity index (χ3n) is 4.93. The van der Waals surface area contributed by atoms with Gasteiger partial charge in [0.1, 0.15) is 16.1 Å². The lowest BCUT2D eigenvalue weighted by Crippen LogP contribution is -2.23. The van der Waals surface area contributed by atoms with Crippen LogP contribution >= 0.6 is 34.5 Å². The number of fused-ring (bicyclic) bond motifs is 1. The molecule has 166 valence electrons. The third-order valence-corrected chi connectivity index (χ3v) is 6.63. The molecule has 0 unspecified atom stereocenters. The van der Waals surface area contributed by atoms with Gasteiger partial charge in [0.25, 0.3) is 5.56 Å². The molecule has 0 aliphatic heterocycles. The normalized spacial score (nSPS) is 11.9. The van der Waals surface area contributed by atoms with E-state index in [9.17, 15) is 4.79 Å². The van der Waals surface area contributed by atoms with E-state index in [-0.39, 0.29) is 5.56 Å². The standard InChI is InChI=1S/C23H15Cl2N3O4S/c1-30-18-7-4-13(10-19(18)31-2)21-26-23-28(27-21)22(29)20(33-23)11-14-5-8-17(32-14)12-3-6-15(24)16(25)9-12/h3-11H,1-2H3. The second-order valence-electron chi connectivity index (χ2n) is 6.95. The van der Waals surface area contributed by atoms with Crippen LogP contribution in [0, 0.1) is 0 Å². The molecule has 7 nitrogen and oxygen atoms in total. The second kappa shape index (κ2) is 8.55. The molecule has 0 aliphatic rings. The summed E-state index contributed by atoms with van der Waals surface area (Å²) in [6, 6.07) is 14.2. The van der Waals surface area contributed by atoms with E-state index in [1.54, 1.807) is 50.6 Å². The lowest BCUT2D eigenvalue weighted by molar-refractivity contribution is 0.355. The summed E-state index contributed by atoms with van der Waals surface area (Å²) in [7, 11) is 3.12. The van der Waals surface area contributed by atoms with Crippen molar-refractivity contribution < 1.29 is 13.9 Å². The molecule has 5 rings (SSSR count). The molecular formula is C23H15Cl2N3O4S. The van der Waals surface area contributed by atoms with E-state index in [1.807, 2.05) is 18.2 Å². The number of benzene rings is 2. The summed E-state index contributed by atoms with van der Waals surface area (Å²) in [5, 5.41) is 5.28. The summed E-state index contributed by atoms with van der Waals surface area (Å²) >= 11 is 13.3. The molecule has 0 N–H and O–H groups in total. The molecule has 0 saturated heterocycles. The molecule has 0 radical (unpaired) electrons. The summed E-state index contributed by atoms with van der Waals surface area (Å²) in [4.78, 5) is 17.9. The molecule has 33 heavy (non-hydrogen) atoms. The number of hydrogen-bond acceptors (Lipinski definition) is 7. The van der Waals surface area contributed by atoms with Crippen LogP contribution in [-0.4, -0.2) is 28.8 Å². The summed E-state index contributed by atoms with van der Waals surface area (Å²) in [6.45, 7) is 0. The van der Waals surface area contributed by atoms with E-state index in [0.29, 0.717) is 53.9 Å². The van der Waals surface area contributed by atoms with Crippen molar-refractivity contribution in [1.82, 2.24) is 14.6 Å². The Morgan fingerprint density at radius 3 is 2.48 bits per heavy atom. The number of methoxy groups -OCH3 is 2. The second-order valence-corrected chi connectivity index (χ2v) is 8.77. The smallest absolute Gasteiger partial charge is 0.291 e. The zero-order valence-corrected chi connectivity index (χ0v) is 19.7. The van der Waals surface area contributed by atoms with Gasteiger partial charge in [0.05, 0.1) is 24.3 Å². The molecule has 0 atom stereocenters. The average molecular weight is 500 g/mol. The Morgan fingerprint density at radius 2 is 1.76 bits per heavy atom. The van der Waals surface area contributed by atoms with Crippen molar-refractivity contribution in [2.45, 2.75) is 0 Å². The first-order valence-electron chi connectivity index (χ1n) is 9.66. The molecule has 0 saturated carbocycles. The third kappa shape index (κ3) is 3.97. The Balaban J connectivity index is 1.49. The zero-order valence-electron chi connectivity index (χ0n) is 17.3. The van der Waals surface area contributed by atoms with Gasteiger partial charge in [-0.2, -0.15) is 9.50 Å². The molecule has 0 amide bonds. The van der Waals surface area contributed by atoms with Crippen molar-refractivity contribution in [3.8, 4) is 34.2 Å². The van der Waals surface area contributed by atoms with E-state index in [0.717, 1.165) is 5.56 Å². The van der Waals surface area contributed by atoms with Crippen LogP contribution < -0.4 is 19.6 Å². The van der Waals surface area contributed by atoms with E-state index in [4.69, 9.17) is 37.1 Å². The van der Waals surface area contributed by atoms with Crippen LogP contribution in [0.25, 0.3) is 33.7 Å². The van der Waals surface area contributed by atoms with Crippen molar-refractivity contribution in [2.75, 3.05) is 14.2 Å². The van der Waals surface area contributed by atoms with Gasteiger partial charge in [-0.3, -0.25) is 4.79 Å². The van der Waals surface area contributed by atoms with E-state index >= 15 is 0 Å². The minimum atomic E-state index is -0.276. The maximum atomic E-state index is 12.9. The molecule has 10 heteroatoms. The number of ether oxygens (including phenoxy) is 2. The molecule has 3 heterocycles. The number of halogens is 2. The Hall–Kier alpha value is -3.33. The minimum Gasteiger partial charge on any atom is -0.493 e. The van der Waals surface area contributed by atoms with E-state index < -0.39 is 0 Å². The van der Waals surface area contributed by atoms with Gasteiger partial charge in [0, 0.05) is 17.2 Å². The Bertz CT molecular complexity index is 1610. The molecule has 5 aromatic rings. The summed E-state index contributed by atoms with van der Waals surface area (Å²) in [5.74, 6) is 2.72. The van der Waals surface area contributed by atoms with Crippen molar-refractivity contribution >= 4 is 45.6 Å². The maximum Gasteiger partial charge on any atom is 0.291 e. The highest BCUT2D eigenvalue weighted by atomic mass is 35.5. The van der Waals surface area contributed by atoms with Gasteiger partial charge in [0.15, 0.2) is 17.3 Å². The summed E-state index contributed by atoms with van der Waals surface area (Å²) in [6.07, 6.45) is 1.67. The fourth-order valence-corrected chi connectivity index (χ4v) is 4.48. The molecule has 0 fully saturated rings. The van der Waals surface area contributed by atoms with Gasteiger partial charge in [-0.1, -0.05) is 34.5 Å². The number of nitrogens with zero attached hydrogens (tertiary/aromatic N) is 3. The van der Waals surface area contributed by atoms with Gasteiger partial charge in [0.2, 0.25) is 4.96 Å². The zero-order chi connectivity index (χ0) is 23.1. The molecule has 2 aromatic carbocycles. The van der Waals surface area contributed by atoms with Crippen molar-refractivity contribution in [3.63, 3.8) is 0 Å². The lowest BCUT2D eigenvalue weighted by atomic mass is 10.2. The van der Waals surface area contributed by atoms with E-state index in [1.165, 1.54) is 15.9 Å². The van der Waals surface area contributed by atoms with Crippen LogP contribution in [0.15, 0.2) is 57.7 Å². The lowest BCUT2D eigenvalue weighted by Gasteiger charge is -2.07. The Kier molecular flexibility index (Phi) is 5.57. The highest BCUT2D eigenvalue weighted by molar-refractivity contribution is 7.15. The fraction of sp³-hybridized carbons (Fsp3) is 0.0870. The van der Waals surface area contributed by atoms with Crippen molar-refractivity contribution in [2.24, 2.45) is 0 Å². The topological polar surface area (TPSA) is 78.9 Å². The van der Waals surface area contributed by atoms with Crippen LogP contribution in [0.5, 0.6) is 11.5 Å². The Morgan fingerprint density at radius 1 is 0.970 bits per heavy atom. The van der Waals surface area contributed by atoms with Crippen LogP contribution in [0.3, 0.4) is 0 Å². The number of thiazole rings is 1. The first-order chi connectivity index (χ1) is 16.0. The summed E-state index contributed by atoms with van der Waals surface area (Å²) < 4.78 is 18.2. The molecule has 0 aliphatic carbocycles. The monoisotopic (exact) mass is 499 g/mol. The number of aromatic nitrogens is 3. The predicted molar refractivity (Wildman–Crippen MR) is 129 cm³/mol. The van der Waals surface area contributed by atoms with Gasteiger partial charge >= 0.3 is 0 Å². The SMILES string of the molecule is COc1ccc(-c2nc3sc(=Cc4ccc(-c5ccc(Cl)c(Cl)c5)o4)c(=O)n3n2)cc1OC. The molecular weight excluding hydrogens is 485 g/mol. The molecule has 0 spiro atoms. The minimum absolute atomic E-state index is 0.276. The van der Waals surface area contributed by atoms with Crippen LogP contribution in [0.1, 0.15) is 5.76 Å². The van der Waals surface area contributed by atoms with Gasteiger partial charge in [-0.25, -0.2) is 0 Å². The first-order valence-corrected chi connectivity index (χ1v) is 11.2. The highest BCUT2D eigenvalue weighted by Crippen LogP contribution is 2.32. The maximum absolute atomic E-state index is 12.9. The number of rotatable bonds is 5. The first kappa shape index (κ1) is 21.5. The van der Waals surface area contributed by atoms with Gasteiger partial charge in [-0.05, 0) is 48.5 Å². The molecule has 0 bridgehead atoms. The number of furan rings is 1. The van der Waals surface area contributed by atoms with Crippen LogP contribution in [-0.2, 0) is 0 Å². The van der Waals surface area contributed by atoms with Gasteiger partial charge in [-0.15, -0.1) is 5.10 Å². The van der Waals surface area contributed by atoms with Crippen LogP contribution in [0.4, 0.5) is 0 Å². The average Bonchev–Trinajstić information content (AvgIpc) is 3.53. The number of hydrogen-bond donors (Lipinski definition) is 0. The fourth-order valence-electron chi connectivity index (χ4n) is 3.30. The largest absolute Gasteiger partial charge is 0.493 e.